The fourth-order valence-corrected chi connectivity index (χ4v) is 6.31. The zero-order valence-corrected chi connectivity index (χ0v) is 23.0. The smallest absolute Gasteiger partial charge is 0.0346 e. The van der Waals surface area contributed by atoms with Gasteiger partial charge in [-0.15, -0.1) is 0 Å². The second-order valence-corrected chi connectivity index (χ2v) is 10.8. The first-order chi connectivity index (χ1) is 20.8. The Bertz CT molecular complexity index is 2220. The Morgan fingerprint density at radius 1 is 0.310 bits per heavy atom. The quantitative estimate of drug-likeness (QED) is 0.162. The molecule has 1 nitrogen and oxygen atoms in total. The number of hydrogen-bond donors (Lipinski definition) is 0. The molecule has 7 aromatic carbocycles. The summed E-state index contributed by atoms with van der Waals surface area (Å²) in [6, 6.07) is 55.0. The summed E-state index contributed by atoms with van der Waals surface area (Å²) in [6.07, 6.45) is 3.80. The minimum Gasteiger partial charge on any atom is -0.264 e. The first-order valence-electron chi connectivity index (χ1n) is 14.4. The van der Waals surface area contributed by atoms with E-state index in [1.165, 1.54) is 71.3 Å². The van der Waals surface area contributed by atoms with E-state index in [1.54, 1.807) is 0 Å². The number of rotatable bonds is 4. The number of aromatic nitrogens is 1. The molecule has 1 aromatic heterocycles. The molecule has 0 saturated carbocycles. The summed E-state index contributed by atoms with van der Waals surface area (Å²) in [6.45, 7) is 0. The van der Waals surface area contributed by atoms with Gasteiger partial charge in [0, 0.05) is 18.0 Å². The van der Waals surface area contributed by atoms with Gasteiger partial charge < -0.3 is 0 Å². The molecule has 196 valence electrons. The van der Waals surface area contributed by atoms with Gasteiger partial charge in [-0.25, -0.2) is 0 Å². The van der Waals surface area contributed by atoms with E-state index in [0.717, 1.165) is 5.56 Å². The highest BCUT2D eigenvalue weighted by atomic mass is 14.6. The second kappa shape index (κ2) is 10.1. The molecular formula is C41H27N. The summed E-state index contributed by atoms with van der Waals surface area (Å²) in [4.78, 5) is 4.48. The van der Waals surface area contributed by atoms with Crippen molar-refractivity contribution in [3.8, 4) is 44.5 Å². The van der Waals surface area contributed by atoms with E-state index in [0.29, 0.717) is 0 Å². The van der Waals surface area contributed by atoms with Gasteiger partial charge in [-0.1, -0.05) is 115 Å². The van der Waals surface area contributed by atoms with Crippen LogP contribution < -0.4 is 0 Å². The summed E-state index contributed by atoms with van der Waals surface area (Å²) in [5.41, 5.74) is 9.52. The average Bonchev–Trinajstić information content (AvgIpc) is 3.08. The second-order valence-electron chi connectivity index (χ2n) is 10.8. The van der Waals surface area contributed by atoms with Crippen molar-refractivity contribution >= 4 is 32.3 Å². The molecular weight excluding hydrogens is 506 g/mol. The zero-order valence-electron chi connectivity index (χ0n) is 23.0. The number of fused-ring (bicyclic) bond motifs is 4. The Morgan fingerprint density at radius 3 is 1.50 bits per heavy atom. The number of pyridine rings is 1. The maximum Gasteiger partial charge on any atom is 0.0346 e. The summed E-state index contributed by atoms with van der Waals surface area (Å²) in [5, 5.41) is 7.56. The predicted molar refractivity (Wildman–Crippen MR) is 178 cm³/mol. The summed E-state index contributed by atoms with van der Waals surface area (Å²) >= 11 is 0. The lowest BCUT2D eigenvalue weighted by molar-refractivity contribution is 1.33. The SMILES string of the molecule is c1ccc(-c2cc(-c3cc4ccccc4c4cc5ccccc5cc34)c(-c3ccccc3)cc2-c2cccnc2)cc1. The van der Waals surface area contributed by atoms with Crippen LogP contribution in [0.4, 0.5) is 0 Å². The Hall–Kier alpha value is -5.53. The first-order valence-corrected chi connectivity index (χ1v) is 14.4. The van der Waals surface area contributed by atoms with Crippen LogP contribution in [0.5, 0.6) is 0 Å². The van der Waals surface area contributed by atoms with Crippen molar-refractivity contribution in [2.45, 2.75) is 0 Å². The molecule has 0 N–H and O–H groups in total. The number of hydrogen-bond acceptors (Lipinski definition) is 1. The molecule has 0 radical (unpaired) electrons. The van der Waals surface area contributed by atoms with Crippen LogP contribution in [-0.2, 0) is 0 Å². The minimum atomic E-state index is 1.11. The molecule has 42 heavy (non-hydrogen) atoms. The molecule has 1 heterocycles. The highest BCUT2D eigenvalue weighted by Crippen LogP contribution is 2.45. The lowest BCUT2D eigenvalue weighted by Gasteiger charge is -2.20. The van der Waals surface area contributed by atoms with Crippen molar-refractivity contribution in [3.05, 3.63) is 164 Å². The van der Waals surface area contributed by atoms with E-state index >= 15 is 0 Å². The van der Waals surface area contributed by atoms with Crippen LogP contribution in [0.3, 0.4) is 0 Å². The van der Waals surface area contributed by atoms with Gasteiger partial charge in [-0.3, -0.25) is 4.98 Å². The normalized spacial score (nSPS) is 11.3. The Balaban J connectivity index is 1.54. The third-order valence-electron chi connectivity index (χ3n) is 8.32. The molecule has 0 amide bonds. The molecule has 1 heteroatoms. The van der Waals surface area contributed by atoms with Gasteiger partial charge in [0.2, 0.25) is 0 Å². The van der Waals surface area contributed by atoms with Crippen LogP contribution in [0.2, 0.25) is 0 Å². The largest absolute Gasteiger partial charge is 0.264 e. The van der Waals surface area contributed by atoms with Gasteiger partial charge >= 0.3 is 0 Å². The summed E-state index contributed by atoms with van der Waals surface area (Å²) in [7, 11) is 0. The van der Waals surface area contributed by atoms with Crippen molar-refractivity contribution in [1.29, 1.82) is 0 Å². The lowest BCUT2D eigenvalue weighted by Crippen LogP contribution is -1.94. The third kappa shape index (κ3) is 4.15. The fourth-order valence-electron chi connectivity index (χ4n) is 6.31. The maximum absolute atomic E-state index is 4.48. The molecule has 0 aliphatic heterocycles. The van der Waals surface area contributed by atoms with Crippen molar-refractivity contribution in [3.63, 3.8) is 0 Å². The van der Waals surface area contributed by atoms with Gasteiger partial charge in [-0.05, 0) is 108 Å². The Kier molecular flexibility index (Phi) is 5.86. The minimum absolute atomic E-state index is 1.11. The van der Waals surface area contributed by atoms with Crippen molar-refractivity contribution in [2.75, 3.05) is 0 Å². The van der Waals surface area contributed by atoms with E-state index in [9.17, 15) is 0 Å². The van der Waals surface area contributed by atoms with Crippen molar-refractivity contribution in [1.82, 2.24) is 4.98 Å². The topological polar surface area (TPSA) is 12.9 Å². The molecule has 0 aliphatic carbocycles. The van der Waals surface area contributed by atoms with E-state index in [4.69, 9.17) is 0 Å². The molecule has 0 fully saturated rings. The van der Waals surface area contributed by atoms with E-state index < -0.39 is 0 Å². The van der Waals surface area contributed by atoms with Crippen LogP contribution in [-0.4, -0.2) is 4.98 Å². The number of benzene rings is 7. The van der Waals surface area contributed by atoms with Gasteiger partial charge in [0.25, 0.3) is 0 Å². The standard InChI is InChI=1S/C41H27N/c1-3-12-28(13-4-1)35-26-41(36(29-14-5-2-6-15-29)25-37(35)33-19-11-21-42-27-33)40-24-32-18-9-10-20-34(32)38-22-30-16-7-8-17-31(30)23-39(38)40/h1-27H. The lowest BCUT2D eigenvalue weighted by atomic mass is 9.83. The highest BCUT2D eigenvalue weighted by Gasteiger charge is 2.19. The molecule has 0 unspecified atom stereocenters. The molecule has 0 aliphatic rings. The molecule has 0 saturated heterocycles. The molecule has 0 bridgehead atoms. The van der Waals surface area contributed by atoms with Crippen LogP contribution in [0.15, 0.2) is 164 Å². The Morgan fingerprint density at radius 2 is 0.833 bits per heavy atom. The van der Waals surface area contributed by atoms with Crippen molar-refractivity contribution < 1.29 is 0 Å². The maximum atomic E-state index is 4.48. The summed E-state index contributed by atoms with van der Waals surface area (Å²) in [5.74, 6) is 0. The van der Waals surface area contributed by atoms with Crippen LogP contribution in [0, 0.1) is 0 Å². The van der Waals surface area contributed by atoms with E-state index in [-0.39, 0.29) is 0 Å². The van der Waals surface area contributed by atoms with Gasteiger partial charge in [0.05, 0.1) is 0 Å². The van der Waals surface area contributed by atoms with E-state index in [1.807, 2.05) is 18.5 Å². The first kappa shape index (κ1) is 24.3. The van der Waals surface area contributed by atoms with Crippen LogP contribution >= 0.6 is 0 Å². The molecule has 8 rings (SSSR count). The fraction of sp³-hybridized carbons (Fsp3) is 0. The molecule has 0 atom stereocenters. The van der Waals surface area contributed by atoms with Gasteiger partial charge in [-0.2, -0.15) is 0 Å². The summed E-state index contributed by atoms with van der Waals surface area (Å²) < 4.78 is 0. The average molecular weight is 534 g/mol. The third-order valence-corrected chi connectivity index (χ3v) is 8.32. The monoisotopic (exact) mass is 533 g/mol. The highest BCUT2D eigenvalue weighted by molar-refractivity contribution is 6.18. The Labute approximate surface area is 245 Å². The van der Waals surface area contributed by atoms with Crippen molar-refractivity contribution in [2.24, 2.45) is 0 Å². The number of nitrogens with zero attached hydrogens (tertiary/aromatic N) is 1. The molecule has 8 aromatic rings. The van der Waals surface area contributed by atoms with Crippen LogP contribution in [0.25, 0.3) is 76.8 Å². The van der Waals surface area contributed by atoms with Gasteiger partial charge in [0.1, 0.15) is 0 Å². The zero-order chi connectivity index (χ0) is 27.9. The molecule has 0 spiro atoms. The predicted octanol–water partition coefficient (Wildman–Crippen LogP) is 11.2. The van der Waals surface area contributed by atoms with E-state index in [2.05, 4.69) is 151 Å². The van der Waals surface area contributed by atoms with Gasteiger partial charge in [0.15, 0.2) is 0 Å². The van der Waals surface area contributed by atoms with Crippen LogP contribution in [0.1, 0.15) is 0 Å².